The Morgan fingerprint density at radius 1 is 1.21 bits per heavy atom. The van der Waals surface area contributed by atoms with Gasteiger partial charge in [-0.3, -0.25) is 0 Å². The van der Waals surface area contributed by atoms with Gasteiger partial charge in [0.1, 0.15) is 6.33 Å². The van der Waals surface area contributed by atoms with Gasteiger partial charge in [-0.15, -0.1) is 10.2 Å². The molecule has 1 fully saturated rings. The van der Waals surface area contributed by atoms with Gasteiger partial charge in [0, 0.05) is 18.7 Å². The summed E-state index contributed by atoms with van der Waals surface area (Å²) < 4.78 is 28.6. The zero-order chi connectivity index (χ0) is 16.6. The van der Waals surface area contributed by atoms with E-state index in [0.717, 1.165) is 11.4 Å². The molecule has 1 saturated heterocycles. The van der Waals surface area contributed by atoms with Crippen LogP contribution in [0.15, 0.2) is 54.2 Å². The van der Waals surface area contributed by atoms with Gasteiger partial charge in [-0.2, -0.15) is 4.31 Å². The summed E-state index contributed by atoms with van der Waals surface area (Å²) in [4.78, 5) is 6.46. The van der Waals surface area contributed by atoms with E-state index in [9.17, 15) is 8.42 Å². The molecule has 0 aliphatic carbocycles. The predicted molar refractivity (Wildman–Crippen MR) is 86.5 cm³/mol. The first-order valence-electron chi connectivity index (χ1n) is 7.60. The average Bonchev–Trinajstić information content (AvgIpc) is 3.35. The molecule has 4 rings (SSSR count). The third kappa shape index (κ3) is 2.51. The summed E-state index contributed by atoms with van der Waals surface area (Å²) >= 11 is 0. The van der Waals surface area contributed by atoms with Crippen LogP contribution in [0.25, 0.3) is 11.4 Å². The molecule has 1 aliphatic heterocycles. The number of aromatic nitrogens is 5. The number of H-pyrrole nitrogens is 1. The number of hydrogen-bond acceptors (Lipinski definition) is 5. The zero-order valence-electron chi connectivity index (χ0n) is 12.8. The average molecular weight is 344 g/mol. The molecule has 1 aliphatic rings. The van der Waals surface area contributed by atoms with Crippen molar-refractivity contribution >= 4 is 10.0 Å². The summed E-state index contributed by atoms with van der Waals surface area (Å²) in [7, 11) is -3.54. The van der Waals surface area contributed by atoms with Crippen molar-refractivity contribution in [2.24, 2.45) is 0 Å². The van der Waals surface area contributed by atoms with E-state index in [1.165, 1.54) is 16.8 Å². The normalized spacial score (nSPS) is 18.9. The summed E-state index contributed by atoms with van der Waals surface area (Å²) in [5.41, 5.74) is 0.963. The lowest BCUT2D eigenvalue weighted by atomic mass is 10.2. The SMILES string of the molecule is O=S(=O)(c1cnc[nH]1)N1CCC(n2cnnc2-c2ccccc2)C1. The number of aromatic amines is 1. The molecule has 0 radical (unpaired) electrons. The monoisotopic (exact) mass is 344 g/mol. The maximum absolute atomic E-state index is 12.6. The van der Waals surface area contributed by atoms with E-state index in [1.807, 2.05) is 34.9 Å². The summed E-state index contributed by atoms with van der Waals surface area (Å²) in [5, 5.41) is 8.33. The zero-order valence-corrected chi connectivity index (χ0v) is 13.6. The second-order valence-electron chi connectivity index (χ2n) is 5.65. The number of hydrogen-bond donors (Lipinski definition) is 1. The maximum atomic E-state index is 12.6. The minimum absolute atomic E-state index is 0.00732. The van der Waals surface area contributed by atoms with E-state index in [-0.39, 0.29) is 11.1 Å². The predicted octanol–water partition coefficient (Wildman–Crippen LogP) is 1.30. The second kappa shape index (κ2) is 5.84. The van der Waals surface area contributed by atoms with Crippen LogP contribution in [0.1, 0.15) is 12.5 Å². The summed E-state index contributed by atoms with van der Waals surface area (Å²) in [6.45, 7) is 0.845. The van der Waals surface area contributed by atoms with Gasteiger partial charge >= 0.3 is 0 Å². The van der Waals surface area contributed by atoms with Crippen molar-refractivity contribution in [3.63, 3.8) is 0 Å². The largest absolute Gasteiger partial charge is 0.335 e. The highest BCUT2D eigenvalue weighted by atomic mass is 32.2. The Kier molecular flexibility index (Phi) is 3.66. The van der Waals surface area contributed by atoms with Crippen molar-refractivity contribution in [2.45, 2.75) is 17.5 Å². The Morgan fingerprint density at radius 2 is 2.04 bits per heavy atom. The van der Waals surface area contributed by atoms with E-state index in [4.69, 9.17) is 0 Å². The lowest BCUT2D eigenvalue weighted by molar-refractivity contribution is 0.450. The quantitative estimate of drug-likeness (QED) is 0.769. The van der Waals surface area contributed by atoms with Crippen molar-refractivity contribution in [1.29, 1.82) is 0 Å². The van der Waals surface area contributed by atoms with Crippen LogP contribution in [0.2, 0.25) is 0 Å². The Labute approximate surface area is 139 Å². The molecule has 1 aromatic carbocycles. The van der Waals surface area contributed by atoms with Gasteiger partial charge in [-0.05, 0) is 6.42 Å². The molecule has 3 heterocycles. The fraction of sp³-hybridized carbons (Fsp3) is 0.267. The number of nitrogens with one attached hydrogen (secondary N) is 1. The van der Waals surface area contributed by atoms with E-state index >= 15 is 0 Å². The van der Waals surface area contributed by atoms with Crippen LogP contribution in [0.3, 0.4) is 0 Å². The topological polar surface area (TPSA) is 96.8 Å². The second-order valence-corrected chi connectivity index (χ2v) is 7.56. The molecule has 9 heteroatoms. The van der Waals surface area contributed by atoms with E-state index in [2.05, 4.69) is 20.2 Å². The van der Waals surface area contributed by atoms with Crippen LogP contribution in [0.5, 0.6) is 0 Å². The molecule has 8 nitrogen and oxygen atoms in total. The maximum Gasteiger partial charge on any atom is 0.260 e. The Bertz CT molecular complexity index is 920. The van der Waals surface area contributed by atoms with Gasteiger partial charge < -0.3 is 9.55 Å². The van der Waals surface area contributed by atoms with E-state index in [1.54, 1.807) is 6.33 Å². The Morgan fingerprint density at radius 3 is 2.79 bits per heavy atom. The van der Waals surface area contributed by atoms with Crippen molar-refractivity contribution in [3.8, 4) is 11.4 Å². The molecular formula is C15H16N6O2S. The van der Waals surface area contributed by atoms with Gasteiger partial charge in [-0.1, -0.05) is 30.3 Å². The van der Waals surface area contributed by atoms with Crippen molar-refractivity contribution < 1.29 is 8.42 Å². The van der Waals surface area contributed by atoms with Gasteiger partial charge in [0.25, 0.3) is 10.0 Å². The number of benzene rings is 1. The molecule has 3 aromatic rings. The first kappa shape index (κ1) is 15.0. The third-order valence-corrected chi connectivity index (χ3v) is 6.01. The number of sulfonamides is 1. The van der Waals surface area contributed by atoms with Gasteiger partial charge in [0.15, 0.2) is 10.9 Å². The van der Waals surface area contributed by atoms with Crippen LogP contribution < -0.4 is 0 Å². The summed E-state index contributed by atoms with van der Waals surface area (Å²) in [5.74, 6) is 0.751. The molecule has 0 spiro atoms. The minimum atomic E-state index is -3.54. The molecule has 0 bridgehead atoms. The molecule has 2 aromatic heterocycles. The molecule has 1 atom stereocenters. The number of rotatable bonds is 4. The summed E-state index contributed by atoms with van der Waals surface area (Å²) in [6.07, 6.45) is 5.08. The fourth-order valence-electron chi connectivity index (χ4n) is 2.98. The van der Waals surface area contributed by atoms with Gasteiger partial charge in [0.05, 0.1) is 18.6 Å². The third-order valence-electron chi connectivity index (χ3n) is 4.22. The van der Waals surface area contributed by atoms with Crippen LogP contribution in [0.4, 0.5) is 0 Å². The first-order valence-corrected chi connectivity index (χ1v) is 9.04. The Hall–Kier alpha value is -2.52. The molecule has 0 saturated carbocycles. The van der Waals surface area contributed by atoms with Crippen molar-refractivity contribution in [1.82, 2.24) is 29.0 Å². The lowest BCUT2D eigenvalue weighted by Gasteiger charge is -2.17. The highest BCUT2D eigenvalue weighted by Crippen LogP contribution is 2.29. The molecular weight excluding hydrogens is 328 g/mol. The van der Waals surface area contributed by atoms with E-state index in [0.29, 0.717) is 19.5 Å². The van der Waals surface area contributed by atoms with Gasteiger partial charge in [0.2, 0.25) is 0 Å². The Balaban J connectivity index is 1.60. The lowest BCUT2D eigenvalue weighted by Crippen LogP contribution is -2.29. The molecule has 0 amide bonds. The first-order chi connectivity index (χ1) is 11.7. The highest BCUT2D eigenvalue weighted by Gasteiger charge is 2.35. The van der Waals surface area contributed by atoms with Crippen LogP contribution in [-0.2, 0) is 10.0 Å². The fourth-order valence-corrected chi connectivity index (χ4v) is 4.37. The van der Waals surface area contributed by atoms with Crippen molar-refractivity contribution in [3.05, 3.63) is 49.2 Å². The van der Waals surface area contributed by atoms with Crippen LogP contribution in [-0.4, -0.2) is 50.5 Å². The number of imidazole rings is 1. The molecule has 1 N–H and O–H groups in total. The van der Waals surface area contributed by atoms with E-state index < -0.39 is 10.0 Å². The standard InChI is InChI=1S/C15H16N6O2S/c22-24(23,14-8-16-10-17-14)20-7-6-13(9-20)21-11-18-19-15(21)12-4-2-1-3-5-12/h1-5,8,10-11,13H,6-7,9H2,(H,16,17). The van der Waals surface area contributed by atoms with Crippen LogP contribution >= 0.6 is 0 Å². The molecule has 124 valence electrons. The minimum Gasteiger partial charge on any atom is -0.335 e. The highest BCUT2D eigenvalue weighted by molar-refractivity contribution is 7.89. The smallest absolute Gasteiger partial charge is 0.260 e. The molecule has 24 heavy (non-hydrogen) atoms. The summed E-state index contributed by atoms with van der Waals surface area (Å²) in [6, 6.07) is 9.77. The molecule has 1 unspecified atom stereocenters. The number of nitrogens with zero attached hydrogens (tertiary/aromatic N) is 5. The van der Waals surface area contributed by atoms with Gasteiger partial charge in [-0.25, -0.2) is 13.4 Å². The van der Waals surface area contributed by atoms with Crippen molar-refractivity contribution in [2.75, 3.05) is 13.1 Å². The van der Waals surface area contributed by atoms with Crippen LogP contribution in [0, 0.1) is 0 Å².